The highest BCUT2D eigenvalue weighted by Gasteiger charge is 2.35. The van der Waals surface area contributed by atoms with E-state index in [0.29, 0.717) is 6.20 Å². The zero-order chi connectivity index (χ0) is 14.1. The maximum absolute atomic E-state index is 12.0. The van der Waals surface area contributed by atoms with Crippen molar-refractivity contribution >= 4 is 15.8 Å². The quantitative estimate of drug-likeness (QED) is 0.789. The Morgan fingerprint density at radius 1 is 1.44 bits per heavy atom. The lowest BCUT2D eigenvalue weighted by molar-refractivity contribution is -0.275. The summed E-state index contributed by atoms with van der Waals surface area (Å²) in [5.41, 5.74) is 4.36. The minimum atomic E-state index is -5.16. The number of rotatable bonds is 2. The van der Waals surface area contributed by atoms with E-state index in [-0.39, 0.29) is 0 Å². The number of hydrogen-bond donors (Lipinski definition) is 2. The van der Waals surface area contributed by atoms with Gasteiger partial charge in [-0.25, -0.2) is 18.5 Å². The molecule has 0 unspecified atom stereocenters. The maximum Gasteiger partial charge on any atom is 0.573 e. The van der Waals surface area contributed by atoms with E-state index < -0.39 is 38.4 Å². The van der Waals surface area contributed by atoms with Gasteiger partial charge >= 0.3 is 6.36 Å². The molecule has 0 atom stereocenters. The van der Waals surface area contributed by atoms with Gasteiger partial charge in [-0.3, -0.25) is 0 Å². The molecule has 0 aliphatic heterocycles. The second-order valence-corrected chi connectivity index (χ2v) is 4.41. The Hall–Kier alpha value is -2.06. The van der Waals surface area contributed by atoms with Crippen molar-refractivity contribution in [2.24, 2.45) is 5.14 Å². The van der Waals surface area contributed by atoms with E-state index in [4.69, 9.17) is 16.1 Å². The third-order valence-corrected chi connectivity index (χ3v) is 2.62. The first kappa shape index (κ1) is 14.0. The first-order valence-electron chi connectivity index (χ1n) is 4.03. The van der Waals surface area contributed by atoms with Crippen molar-refractivity contribution < 1.29 is 26.3 Å². The van der Waals surface area contributed by atoms with Crippen LogP contribution in [0.5, 0.6) is 5.75 Å². The number of hydrogen-bond acceptors (Lipinski definition) is 6. The van der Waals surface area contributed by atoms with Crippen LogP contribution >= 0.6 is 0 Å². The average molecular weight is 282 g/mol. The third kappa shape index (κ3) is 2.99. The summed E-state index contributed by atoms with van der Waals surface area (Å²) in [4.78, 5) is 2.06. The minimum absolute atomic E-state index is 0.420. The molecule has 98 valence electrons. The van der Waals surface area contributed by atoms with Gasteiger partial charge < -0.3 is 10.5 Å². The van der Waals surface area contributed by atoms with E-state index in [1.54, 1.807) is 0 Å². The number of aromatic nitrogens is 1. The number of nitriles is 1. The van der Waals surface area contributed by atoms with Gasteiger partial charge in [-0.15, -0.1) is 13.2 Å². The van der Waals surface area contributed by atoms with Gasteiger partial charge in [0.2, 0.25) is 10.0 Å². The molecule has 0 radical (unpaired) electrons. The topological polar surface area (TPSA) is 132 Å². The molecule has 11 heteroatoms. The van der Waals surface area contributed by atoms with Gasteiger partial charge in [0.05, 0.1) is 6.20 Å². The Morgan fingerprint density at radius 3 is 2.39 bits per heavy atom. The number of nitrogen functional groups attached to an aromatic ring is 1. The molecule has 0 bridgehead atoms. The van der Waals surface area contributed by atoms with Crippen LogP contribution in [0.15, 0.2) is 11.1 Å². The highest BCUT2D eigenvalue weighted by Crippen LogP contribution is 2.32. The number of primary sulfonamides is 1. The normalized spacial score (nSPS) is 11.9. The summed E-state index contributed by atoms with van der Waals surface area (Å²) >= 11 is 0. The molecule has 4 N–H and O–H groups in total. The first-order valence-corrected chi connectivity index (χ1v) is 5.58. The van der Waals surface area contributed by atoms with E-state index in [1.807, 2.05) is 0 Å². The van der Waals surface area contributed by atoms with E-state index in [0.717, 1.165) is 0 Å². The van der Waals surface area contributed by atoms with Crippen LogP contribution in [0.25, 0.3) is 0 Å². The molecule has 7 nitrogen and oxygen atoms in total. The van der Waals surface area contributed by atoms with Gasteiger partial charge in [0.15, 0.2) is 5.75 Å². The lowest BCUT2D eigenvalue weighted by atomic mass is 10.2. The van der Waals surface area contributed by atoms with Gasteiger partial charge in [0.1, 0.15) is 22.3 Å². The summed E-state index contributed by atoms with van der Waals surface area (Å²) < 4.78 is 61.9. The molecule has 0 fully saturated rings. The summed E-state index contributed by atoms with van der Waals surface area (Å²) in [6.07, 6.45) is -4.74. The average Bonchev–Trinajstić information content (AvgIpc) is 2.16. The number of ether oxygens (including phenoxy) is 1. The van der Waals surface area contributed by atoms with E-state index in [2.05, 4.69) is 9.72 Å². The molecule has 0 spiro atoms. The standard InChI is InChI=1S/C7H5F3N4O3S/c8-7(9,10)17-4-2-14-6(12)3(1-11)5(4)18(13,15)16/h2H,(H2,12,14)(H2,13,15,16). The van der Waals surface area contributed by atoms with Crippen molar-refractivity contribution in [1.82, 2.24) is 4.98 Å². The van der Waals surface area contributed by atoms with Crippen LogP contribution < -0.4 is 15.6 Å². The smallest absolute Gasteiger partial charge is 0.403 e. The fraction of sp³-hybridized carbons (Fsp3) is 0.143. The highest BCUT2D eigenvalue weighted by atomic mass is 32.2. The lowest BCUT2D eigenvalue weighted by Crippen LogP contribution is -2.22. The van der Waals surface area contributed by atoms with Crippen LogP contribution in [-0.2, 0) is 10.0 Å². The summed E-state index contributed by atoms with van der Waals surface area (Å²) in [5, 5.41) is 13.4. The summed E-state index contributed by atoms with van der Waals surface area (Å²) in [6.45, 7) is 0. The van der Waals surface area contributed by atoms with Crippen LogP contribution in [0, 0.1) is 11.3 Å². The Labute approximate surface area is 98.8 Å². The molecule has 1 aromatic rings. The van der Waals surface area contributed by atoms with Crippen molar-refractivity contribution in [2.75, 3.05) is 5.73 Å². The number of alkyl halides is 3. The molecule has 1 heterocycles. The van der Waals surface area contributed by atoms with Crippen LogP contribution in [0.4, 0.5) is 19.0 Å². The first-order chi connectivity index (χ1) is 8.06. The van der Waals surface area contributed by atoms with Crippen molar-refractivity contribution in [3.05, 3.63) is 11.8 Å². The number of anilines is 1. The summed E-state index contributed by atoms with van der Waals surface area (Å²) in [5.74, 6) is -1.79. The van der Waals surface area contributed by atoms with Gasteiger partial charge in [0.25, 0.3) is 0 Å². The predicted octanol–water partition coefficient (Wildman–Crippen LogP) is 0.0815. The Morgan fingerprint density at radius 2 is 2.00 bits per heavy atom. The van der Waals surface area contributed by atoms with Crippen molar-refractivity contribution in [3.8, 4) is 11.8 Å². The second kappa shape index (κ2) is 4.31. The zero-order valence-corrected chi connectivity index (χ0v) is 9.21. The molecule has 1 aromatic heterocycles. The van der Waals surface area contributed by atoms with Gasteiger partial charge in [-0.2, -0.15) is 5.26 Å². The Balaban J connectivity index is 3.61. The summed E-state index contributed by atoms with van der Waals surface area (Å²) in [6, 6.07) is 1.30. The predicted molar refractivity (Wildman–Crippen MR) is 51.4 cm³/mol. The van der Waals surface area contributed by atoms with Gasteiger partial charge in [-0.05, 0) is 0 Å². The van der Waals surface area contributed by atoms with Gasteiger partial charge in [0, 0.05) is 0 Å². The molecule has 0 amide bonds. The molecule has 0 aliphatic rings. The number of sulfonamides is 1. The number of nitrogens with zero attached hydrogens (tertiary/aromatic N) is 2. The Kier molecular flexibility index (Phi) is 3.36. The molecular formula is C7H5F3N4O3S. The number of nitrogens with two attached hydrogens (primary N) is 2. The summed E-state index contributed by atoms with van der Waals surface area (Å²) in [7, 11) is -4.64. The SMILES string of the molecule is N#Cc1c(N)ncc(OC(F)(F)F)c1S(N)(=O)=O. The van der Waals surface area contributed by atoms with Crippen LogP contribution in [0.1, 0.15) is 5.56 Å². The van der Waals surface area contributed by atoms with Crippen LogP contribution in [0.2, 0.25) is 0 Å². The second-order valence-electron chi connectivity index (χ2n) is 2.92. The molecular weight excluding hydrogens is 277 g/mol. The molecule has 1 rings (SSSR count). The molecule has 0 aliphatic carbocycles. The third-order valence-electron chi connectivity index (χ3n) is 1.65. The molecule has 0 saturated carbocycles. The Bertz CT molecular complexity index is 620. The number of halogens is 3. The molecule has 18 heavy (non-hydrogen) atoms. The maximum atomic E-state index is 12.0. The van der Waals surface area contributed by atoms with E-state index >= 15 is 0 Å². The number of pyridine rings is 1. The van der Waals surface area contributed by atoms with Crippen molar-refractivity contribution in [3.63, 3.8) is 0 Å². The van der Waals surface area contributed by atoms with Crippen molar-refractivity contribution in [1.29, 1.82) is 5.26 Å². The zero-order valence-electron chi connectivity index (χ0n) is 8.39. The van der Waals surface area contributed by atoms with E-state index in [1.165, 1.54) is 6.07 Å². The minimum Gasteiger partial charge on any atom is -0.403 e. The fourth-order valence-corrected chi connectivity index (χ4v) is 1.89. The van der Waals surface area contributed by atoms with Crippen LogP contribution in [-0.4, -0.2) is 19.8 Å². The molecule has 0 aromatic carbocycles. The van der Waals surface area contributed by atoms with Gasteiger partial charge in [-0.1, -0.05) is 0 Å². The van der Waals surface area contributed by atoms with Crippen LogP contribution in [0.3, 0.4) is 0 Å². The largest absolute Gasteiger partial charge is 0.573 e. The van der Waals surface area contributed by atoms with Crippen molar-refractivity contribution in [2.45, 2.75) is 11.3 Å². The lowest BCUT2D eigenvalue weighted by Gasteiger charge is -2.13. The monoisotopic (exact) mass is 282 g/mol. The van der Waals surface area contributed by atoms with E-state index in [9.17, 15) is 21.6 Å². The highest BCUT2D eigenvalue weighted by molar-refractivity contribution is 7.89. The fourth-order valence-electron chi connectivity index (χ4n) is 1.08. The molecule has 0 saturated heterocycles.